The van der Waals surface area contributed by atoms with Crippen molar-refractivity contribution in [2.45, 2.75) is 20.3 Å². The first-order valence-corrected chi connectivity index (χ1v) is 8.81. The lowest BCUT2D eigenvalue weighted by Gasteiger charge is -2.14. The molecule has 0 radical (unpaired) electrons. The third kappa shape index (κ3) is 4.60. The van der Waals surface area contributed by atoms with Crippen LogP contribution in [0.15, 0.2) is 42.5 Å². The molecule has 1 fully saturated rings. The van der Waals surface area contributed by atoms with E-state index >= 15 is 0 Å². The second kappa shape index (κ2) is 7.70. The molecule has 1 heterocycles. The summed E-state index contributed by atoms with van der Waals surface area (Å²) in [7, 11) is 2.10. The van der Waals surface area contributed by atoms with E-state index in [0.717, 1.165) is 36.3 Å². The minimum absolute atomic E-state index is 0.383. The zero-order chi connectivity index (χ0) is 17.8. The predicted octanol–water partition coefficient (Wildman–Crippen LogP) is 4.47. The van der Waals surface area contributed by atoms with Gasteiger partial charge in [-0.25, -0.2) is 4.79 Å². The van der Waals surface area contributed by atoms with E-state index in [2.05, 4.69) is 49.3 Å². The molecule has 2 aromatic carbocycles. The molecule has 1 N–H and O–H groups in total. The maximum Gasteiger partial charge on any atom is 0.411 e. The Balaban J connectivity index is 1.69. The molecule has 1 amide bonds. The van der Waals surface area contributed by atoms with Crippen molar-refractivity contribution in [1.82, 2.24) is 4.90 Å². The van der Waals surface area contributed by atoms with Gasteiger partial charge < -0.3 is 9.64 Å². The van der Waals surface area contributed by atoms with Crippen LogP contribution in [0, 0.1) is 19.8 Å². The largest absolute Gasteiger partial charge is 0.449 e. The molecule has 25 heavy (non-hydrogen) atoms. The van der Waals surface area contributed by atoms with Gasteiger partial charge in [-0.05, 0) is 45.5 Å². The second-order valence-corrected chi connectivity index (χ2v) is 7.06. The van der Waals surface area contributed by atoms with Crippen LogP contribution in [0.2, 0.25) is 0 Å². The molecule has 3 rings (SSSR count). The van der Waals surface area contributed by atoms with Crippen molar-refractivity contribution >= 4 is 11.8 Å². The van der Waals surface area contributed by atoms with Crippen LogP contribution in [0.3, 0.4) is 0 Å². The number of benzene rings is 2. The zero-order valence-electron chi connectivity index (χ0n) is 15.2. The maximum atomic E-state index is 12.2. The first-order chi connectivity index (χ1) is 12.0. The Morgan fingerprint density at radius 2 is 1.92 bits per heavy atom. The number of ether oxygens (including phenoxy) is 1. The lowest BCUT2D eigenvalue weighted by Crippen LogP contribution is -2.21. The van der Waals surface area contributed by atoms with Crippen molar-refractivity contribution in [1.29, 1.82) is 0 Å². The standard InChI is InChI=1S/C21H26N2O2/c1-15-10-16(2)12-18(11-15)19-6-4-5-7-20(19)22-21(24)25-14-17-8-9-23(3)13-17/h4-7,10-12,17H,8-9,13-14H2,1-3H3,(H,22,24)/t17-/m1/s1. The molecule has 4 heteroatoms. The van der Waals surface area contributed by atoms with Gasteiger partial charge in [-0.3, -0.25) is 5.32 Å². The fourth-order valence-electron chi connectivity index (χ4n) is 3.48. The van der Waals surface area contributed by atoms with Gasteiger partial charge in [0, 0.05) is 18.0 Å². The van der Waals surface area contributed by atoms with E-state index in [1.807, 2.05) is 24.3 Å². The molecule has 2 aromatic rings. The van der Waals surface area contributed by atoms with Crippen LogP contribution in [-0.2, 0) is 4.74 Å². The highest BCUT2D eigenvalue weighted by molar-refractivity contribution is 5.91. The van der Waals surface area contributed by atoms with E-state index in [-0.39, 0.29) is 6.09 Å². The molecule has 132 valence electrons. The summed E-state index contributed by atoms with van der Waals surface area (Å²) in [5.74, 6) is 0.436. The third-order valence-electron chi connectivity index (χ3n) is 4.64. The molecule has 1 aliphatic rings. The number of hydrogen-bond acceptors (Lipinski definition) is 3. The van der Waals surface area contributed by atoms with Gasteiger partial charge in [0.1, 0.15) is 0 Å². The number of hydrogen-bond donors (Lipinski definition) is 1. The SMILES string of the molecule is Cc1cc(C)cc(-c2ccccc2NC(=O)OC[C@@H]2CCN(C)C2)c1. The number of carbonyl (C=O) groups excluding carboxylic acids is 1. The molecule has 0 aliphatic carbocycles. The molecule has 1 aliphatic heterocycles. The Morgan fingerprint density at radius 3 is 2.60 bits per heavy atom. The average molecular weight is 338 g/mol. The number of amides is 1. The lowest BCUT2D eigenvalue weighted by molar-refractivity contribution is 0.142. The summed E-state index contributed by atoms with van der Waals surface area (Å²) in [6.45, 7) is 6.71. The number of rotatable bonds is 4. The highest BCUT2D eigenvalue weighted by Crippen LogP contribution is 2.29. The zero-order valence-corrected chi connectivity index (χ0v) is 15.2. The van der Waals surface area contributed by atoms with Crippen LogP contribution >= 0.6 is 0 Å². The number of nitrogens with zero attached hydrogens (tertiary/aromatic N) is 1. The summed E-state index contributed by atoms with van der Waals surface area (Å²) < 4.78 is 5.44. The van der Waals surface area contributed by atoms with Crippen LogP contribution in [-0.4, -0.2) is 37.7 Å². The molecule has 1 saturated heterocycles. The average Bonchev–Trinajstić information content (AvgIpc) is 2.98. The molecule has 0 unspecified atom stereocenters. The van der Waals surface area contributed by atoms with E-state index in [9.17, 15) is 4.79 Å². The van der Waals surface area contributed by atoms with Gasteiger partial charge in [-0.2, -0.15) is 0 Å². The van der Waals surface area contributed by atoms with E-state index < -0.39 is 0 Å². The minimum Gasteiger partial charge on any atom is -0.449 e. The van der Waals surface area contributed by atoms with Crippen LogP contribution in [0.1, 0.15) is 17.5 Å². The molecular formula is C21H26N2O2. The molecule has 0 spiro atoms. The van der Waals surface area contributed by atoms with Gasteiger partial charge >= 0.3 is 6.09 Å². The fourth-order valence-corrected chi connectivity index (χ4v) is 3.48. The summed E-state index contributed by atoms with van der Waals surface area (Å²) in [6.07, 6.45) is 0.703. The molecular weight excluding hydrogens is 312 g/mol. The van der Waals surface area contributed by atoms with Gasteiger partial charge in [0.2, 0.25) is 0 Å². The second-order valence-electron chi connectivity index (χ2n) is 7.06. The van der Waals surface area contributed by atoms with Crippen molar-refractivity contribution in [2.75, 3.05) is 32.1 Å². The van der Waals surface area contributed by atoms with E-state index in [1.165, 1.54) is 11.1 Å². The van der Waals surface area contributed by atoms with Crippen molar-refractivity contribution in [3.8, 4) is 11.1 Å². The Labute approximate surface area is 149 Å². The van der Waals surface area contributed by atoms with Crippen molar-refractivity contribution in [2.24, 2.45) is 5.92 Å². The third-order valence-corrected chi connectivity index (χ3v) is 4.64. The predicted molar refractivity (Wildman–Crippen MR) is 102 cm³/mol. The number of nitrogens with one attached hydrogen (secondary N) is 1. The number of likely N-dealkylation sites (tertiary alicyclic amines) is 1. The first-order valence-electron chi connectivity index (χ1n) is 8.81. The van der Waals surface area contributed by atoms with E-state index in [1.54, 1.807) is 0 Å². The number of para-hydroxylation sites is 1. The normalized spacial score (nSPS) is 17.5. The van der Waals surface area contributed by atoms with Gasteiger partial charge in [0.15, 0.2) is 0 Å². The number of anilines is 1. The minimum atomic E-state index is -0.383. The van der Waals surface area contributed by atoms with Gasteiger partial charge in [-0.15, -0.1) is 0 Å². The Hall–Kier alpha value is -2.33. The summed E-state index contributed by atoms with van der Waals surface area (Å²) in [6, 6.07) is 14.3. The lowest BCUT2D eigenvalue weighted by atomic mass is 9.99. The maximum absolute atomic E-state index is 12.2. The van der Waals surface area contributed by atoms with Crippen LogP contribution < -0.4 is 5.32 Å². The molecule has 0 saturated carbocycles. The van der Waals surface area contributed by atoms with Gasteiger partial charge in [-0.1, -0.05) is 47.5 Å². The summed E-state index contributed by atoms with van der Waals surface area (Å²) >= 11 is 0. The van der Waals surface area contributed by atoms with Crippen LogP contribution in [0.4, 0.5) is 10.5 Å². The van der Waals surface area contributed by atoms with E-state index in [0.29, 0.717) is 12.5 Å². The van der Waals surface area contributed by atoms with Gasteiger partial charge in [0.25, 0.3) is 0 Å². The summed E-state index contributed by atoms with van der Waals surface area (Å²) in [4.78, 5) is 14.5. The summed E-state index contributed by atoms with van der Waals surface area (Å²) in [5, 5.41) is 2.91. The fraction of sp³-hybridized carbons (Fsp3) is 0.381. The van der Waals surface area contributed by atoms with Crippen molar-refractivity contribution in [3.63, 3.8) is 0 Å². The van der Waals surface area contributed by atoms with Gasteiger partial charge in [0.05, 0.1) is 12.3 Å². The Kier molecular flexibility index (Phi) is 5.39. The number of carbonyl (C=O) groups is 1. The molecule has 0 aromatic heterocycles. The Morgan fingerprint density at radius 1 is 1.20 bits per heavy atom. The number of aryl methyl sites for hydroxylation is 2. The molecule has 4 nitrogen and oxygen atoms in total. The van der Waals surface area contributed by atoms with Crippen LogP contribution in [0.5, 0.6) is 0 Å². The van der Waals surface area contributed by atoms with Crippen LogP contribution in [0.25, 0.3) is 11.1 Å². The quantitative estimate of drug-likeness (QED) is 0.894. The highest BCUT2D eigenvalue weighted by atomic mass is 16.5. The van der Waals surface area contributed by atoms with Crippen molar-refractivity contribution in [3.05, 3.63) is 53.6 Å². The van der Waals surface area contributed by atoms with E-state index in [4.69, 9.17) is 4.74 Å². The highest BCUT2D eigenvalue weighted by Gasteiger charge is 2.21. The smallest absolute Gasteiger partial charge is 0.411 e. The van der Waals surface area contributed by atoms with Crippen molar-refractivity contribution < 1.29 is 9.53 Å². The molecule has 1 atom stereocenters. The summed E-state index contributed by atoms with van der Waals surface area (Å²) in [5.41, 5.74) is 5.30. The monoisotopic (exact) mass is 338 g/mol. The topological polar surface area (TPSA) is 41.6 Å². The first kappa shape index (κ1) is 17.5. The molecule has 0 bridgehead atoms. The Bertz CT molecular complexity index is 737.